The Morgan fingerprint density at radius 1 is 1.25 bits per heavy atom. The van der Waals surface area contributed by atoms with Crippen molar-refractivity contribution in [2.24, 2.45) is 0 Å². The maximum absolute atomic E-state index is 2.24. The molecule has 0 bridgehead atoms. The van der Waals surface area contributed by atoms with Gasteiger partial charge in [0.05, 0.1) is 0 Å². The van der Waals surface area contributed by atoms with Gasteiger partial charge in [-0.25, -0.2) is 11.6 Å². The van der Waals surface area contributed by atoms with Crippen molar-refractivity contribution in [2.45, 2.75) is 26.7 Å². The van der Waals surface area contributed by atoms with Crippen LogP contribution >= 0.6 is 0 Å². The maximum atomic E-state index is 2.24. The summed E-state index contributed by atoms with van der Waals surface area (Å²) in [6.07, 6.45) is 0. The third-order valence-electron chi connectivity index (χ3n) is 1.60. The first-order valence-electron chi connectivity index (χ1n) is 3.43. The number of halogens is 2. The van der Waals surface area contributed by atoms with Crippen molar-refractivity contribution < 1.29 is 51.0 Å². The van der Waals surface area contributed by atoms with Crippen molar-refractivity contribution in [3.8, 4) is 0 Å². The summed E-state index contributed by atoms with van der Waals surface area (Å²) >= 11 is 0. The van der Waals surface area contributed by atoms with Crippen LogP contribution in [0.25, 0.3) is 0 Å². The van der Waals surface area contributed by atoms with Gasteiger partial charge >= 0.3 is 26.2 Å². The Balaban J connectivity index is -0.000000270. The van der Waals surface area contributed by atoms with Crippen LogP contribution in [0, 0.1) is 6.92 Å². The molecule has 0 fully saturated rings. The molecule has 0 spiro atoms. The number of aryl methyl sites for hydroxylation is 1. The van der Waals surface area contributed by atoms with E-state index in [0.29, 0.717) is 5.92 Å². The summed E-state index contributed by atoms with van der Waals surface area (Å²) < 4.78 is 0. The molecule has 1 radical (unpaired) electrons. The molecule has 0 saturated carbocycles. The molecule has 0 aliphatic carbocycles. The van der Waals surface area contributed by atoms with E-state index < -0.39 is 0 Å². The standard InChI is InChI=1S/C9H13.2ClH.Zr/c1-7(2)9-5-4-8(3)6-9;;;/h4-7H,1-3H3;2*1H;/q-1;;;+3/p-2. The molecule has 0 N–H and O–H groups in total. The Kier molecular flexibility index (Phi) is 13.0. The van der Waals surface area contributed by atoms with Gasteiger partial charge in [0, 0.05) is 0 Å². The molecule has 1 rings (SSSR count). The van der Waals surface area contributed by atoms with Crippen LogP contribution in [0.1, 0.15) is 30.9 Å². The zero-order valence-corrected chi connectivity index (χ0v) is 11.5. The van der Waals surface area contributed by atoms with E-state index in [0.717, 1.165) is 0 Å². The summed E-state index contributed by atoms with van der Waals surface area (Å²) in [6.45, 7) is 6.56. The van der Waals surface area contributed by atoms with E-state index in [-0.39, 0.29) is 51.0 Å². The van der Waals surface area contributed by atoms with Crippen molar-refractivity contribution in [1.29, 1.82) is 0 Å². The Morgan fingerprint density at radius 2 is 1.75 bits per heavy atom. The van der Waals surface area contributed by atoms with Crippen LogP contribution in [0.5, 0.6) is 0 Å². The van der Waals surface area contributed by atoms with Gasteiger partial charge in [-0.2, -0.15) is 17.7 Å². The molecule has 0 amide bonds. The topological polar surface area (TPSA) is 0 Å². The molecule has 1 aromatic rings. The zero-order valence-electron chi connectivity index (χ0n) is 7.57. The Morgan fingerprint density at radius 3 is 1.92 bits per heavy atom. The summed E-state index contributed by atoms with van der Waals surface area (Å²) in [4.78, 5) is 0. The molecule has 12 heavy (non-hydrogen) atoms. The van der Waals surface area contributed by atoms with Crippen LogP contribution in [0.4, 0.5) is 0 Å². The third-order valence-corrected chi connectivity index (χ3v) is 1.60. The molecule has 0 aliphatic heterocycles. The number of rotatable bonds is 1. The van der Waals surface area contributed by atoms with E-state index in [1.165, 1.54) is 11.1 Å². The number of hydrogen-bond acceptors (Lipinski definition) is 0. The summed E-state index contributed by atoms with van der Waals surface area (Å²) in [7, 11) is 0. The molecule has 0 saturated heterocycles. The minimum Gasteiger partial charge on any atom is -1.00 e. The smallest absolute Gasteiger partial charge is 1.00 e. The molecule has 1 aromatic carbocycles. The third kappa shape index (κ3) is 5.46. The molecular formula is C9H13Cl2Zr. The van der Waals surface area contributed by atoms with Crippen LogP contribution in [0.3, 0.4) is 0 Å². The van der Waals surface area contributed by atoms with Crippen LogP contribution < -0.4 is 24.8 Å². The number of hydrogen-bond donors (Lipinski definition) is 0. The van der Waals surface area contributed by atoms with Crippen molar-refractivity contribution in [1.82, 2.24) is 0 Å². The van der Waals surface area contributed by atoms with E-state index in [1.807, 2.05) is 0 Å². The summed E-state index contributed by atoms with van der Waals surface area (Å²) in [5.74, 6) is 0.679. The Labute approximate surface area is 106 Å². The second-order valence-corrected chi connectivity index (χ2v) is 2.88. The molecule has 0 heterocycles. The SMILES string of the molecule is Cc1cc[c-](C(C)C)c1.[Cl-].[Cl-].[Zr+3]. The second-order valence-electron chi connectivity index (χ2n) is 2.88. The molecule has 0 unspecified atom stereocenters. The normalized spacial score (nSPS) is 8.00. The van der Waals surface area contributed by atoms with Crippen molar-refractivity contribution in [3.05, 3.63) is 29.3 Å². The van der Waals surface area contributed by atoms with Crippen LogP contribution in [0.15, 0.2) is 18.2 Å². The molecular weight excluding hydrogens is 270 g/mol. The van der Waals surface area contributed by atoms with Crippen molar-refractivity contribution >= 4 is 0 Å². The van der Waals surface area contributed by atoms with Crippen molar-refractivity contribution in [3.63, 3.8) is 0 Å². The van der Waals surface area contributed by atoms with E-state index in [2.05, 4.69) is 39.0 Å². The summed E-state index contributed by atoms with van der Waals surface area (Å²) in [6, 6.07) is 6.60. The van der Waals surface area contributed by atoms with Gasteiger partial charge in [0.2, 0.25) is 0 Å². The average Bonchev–Trinajstić information content (AvgIpc) is 2.14. The Bertz CT molecular complexity index is 194. The maximum Gasteiger partial charge on any atom is 3.00 e. The molecule has 0 aliphatic rings. The fourth-order valence-electron chi connectivity index (χ4n) is 0.946. The van der Waals surface area contributed by atoms with Crippen LogP contribution in [-0.4, -0.2) is 0 Å². The van der Waals surface area contributed by atoms with E-state index >= 15 is 0 Å². The Hall–Kier alpha value is 0.813. The predicted molar refractivity (Wildman–Crippen MR) is 40.9 cm³/mol. The van der Waals surface area contributed by atoms with Crippen LogP contribution in [0.2, 0.25) is 0 Å². The van der Waals surface area contributed by atoms with Gasteiger partial charge in [-0.05, 0) is 0 Å². The largest absolute Gasteiger partial charge is 3.00 e. The first kappa shape index (κ1) is 18.6. The first-order valence-corrected chi connectivity index (χ1v) is 3.43. The molecule has 3 heteroatoms. The monoisotopic (exact) mass is 281 g/mol. The minimum atomic E-state index is 0. The minimum absolute atomic E-state index is 0. The first-order chi connectivity index (χ1) is 4.20. The zero-order chi connectivity index (χ0) is 6.85. The van der Waals surface area contributed by atoms with Gasteiger partial charge in [-0.15, -0.1) is 0 Å². The van der Waals surface area contributed by atoms with E-state index in [1.54, 1.807) is 0 Å². The predicted octanol–water partition coefficient (Wildman–Crippen LogP) is -3.16. The van der Waals surface area contributed by atoms with E-state index in [4.69, 9.17) is 0 Å². The quantitative estimate of drug-likeness (QED) is 0.478. The van der Waals surface area contributed by atoms with Gasteiger partial charge in [0.1, 0.15) is 0 Å². The van der Waals surface area contributed by atoms with Gasteiger partial charge < -0.3 is 24.8 Å². The second kappa shape index (κ2) is 8.41. The molecule has 0 nitrogen and oxygen atoms in total. The summed E-state index contributed by atoms with van der Waals surface area (Å²) in [5, 5.41) is 0. The fourth-order valence-corrected chi connectivity index (χ4v) is 0.946. The molecule has 0 atom stereocenters. The summed E-state index contributed by atoms with van der Waals surface area (Å²) in [5.41, 5.74) is 2.83. The average molecular weight is 283 g/mol. The van der Waals surface area contributed by atoms with E-state index in [9.17, 15) is 0 Å². The molecule has 0 aromatic heterocycles. The van der Waals surface area contributed by atoms with Gasteiger partial charge in [0.15, 0.2) is 0 Å². The van der Waals surface area contributed by atoms with Gasteiger partial charge in [0.25, 0.3) is 0 Å². The van der Waals surface area contributed by atoms with Crippen molar-refractivity contribution in [2.75, 3.05) is 0 Å². The molecule has 67 valence electrons. The van der Waals surface area contributed by atoms with Gasteiger partial charge in [-0.1, -0.05) is 26.7 Å². The van der Waals surface area contributed by atoms with Crippen LogP contribution in [-0.2, 0) is 26.2 Å². The van der Waals surface area contributed by atoms with Gasteiger partial charge in [-0.3, -0.25) is 0 Å². The fraction of sp³-hybridized carbons (Fsp3) is 0.444.